The minimum absolute atomic E-state index is 0.0465. The lowest BCUT2D eigenvalue weighted by Gasteiger charge is -2.19. The van der Waals surface area contributed by atoms with E-state index in [0.29, 0.717) is 0 Å². The summed E-state index contributed by atoms with van der Waals surface area (Å²) in [5.74, 6) is 0. The summed E-state index contributed by atoms with van der Waals surface area (Å²) in [4.78, 5) is 0. The third-order valence-corrected chi connectivity index (χ3v) is 10.1. The first kappa shape index (κ1) is 31.4. The molecule has 0 spiro atoms. The first-order valence-electron chi connectivity index (χ1n) is 15.3. The highest BCUT2D eigenvalue weighted by Gasteiger charge is 2.10. The van der Waals surface area contributed by atoms with Gasteiger partial charge in [0, 0.05) is 0 Å². The Labute approximate surface area is 216 Å². The summed E-state index contributed by atoms with van der Waals surface area (Å²) in [5, 5.41) is 1.67. The average molecular weight is 487 g/mol. The van der Waals surface area contributed by atoms with Crippen molar-refractivity contribution in [1.29, 1.82) is 0 Å². The van der Waals surface area contributed by atoms with Crippen molar-refractivity contribution in [3.8, 4) is 0 Å². The van der Waals surface area contributed by atoms with E-state index in [0.717, 1.165) is 0 Å². The molecule has 0 unspecified atom stereocenters. The van der Waals surface area contributed by atoms with Crippen molar-refractivity contribution in [2.24, 2.45) is 0 Å². The molecule has 34 heavy (non-hydrogen) atoms. The zero-order chi connectivity index (χ0) is 24.5. The fraction of sp³-hybridized carbons (Fsp3) is 0.758. The van der Waals surface area contributed by atoms with Gasteiger partial charge in [0.2, 0.25) is 0 Å². The van der Waals surface area contributed by atoms with E-state index in [2.05, 4.69) is 57.2 Å². The largest absolute Gasteiger partial charge is 0.0800 e. The van der Waals surface area contributed by atoms with Crippen LogP contribution in [0.2, 0.25) is 0 Å². The van der Waals surface area contributed by atoms with Gasteiger partial charge in [0.05, 0.1) is 0 Å². The van der Waals surface area contributed by atoms with Gasteiger partial charge in [0.25, 0.3) is 0 Å². The summed E-state index contributed by atoms with van der Waals surface area (Å²) in [6.07, 6.45) is 34.3. The zero-order valence-corrected chi connectivity index (χ0v) is 24.4. The lowest BCUT2D eigenvalue weighted by Crippen LogP contribution is -1.94. The maximum atomic E-state index is 2.48. The summed E-state index contributed by atoms with van der Waals surface area (Å²) in [6, 6.07) is 11.0. The van der Waals surface area contributed by atoms with Gasteiger partial charge in [0.1, 0.15) is 0 Å². The highest BCUT2D eigenvalue weighted by Crippen LogP contribution is 2.47. The standard InChI is InChI=1S/C33H59P/c1-4-6-8-10-12-14-16-18-20-25-29-34(32(3)31-33-27-23-22-24-28-33)30-26-21-19-17-15-13-11-9-7-5-2/h22-24,27-28,31H,4-21,25-26,29-30H2,1-3H3/b32-31+. The fourth-order valence-corrected chi connectivity index (χ4v) is 7.40. The predicted octanol–water partition coefficient (Wildman–Crippen LogP) is 12.4. The van der Waals surface area contributed by atoms with E-state index in [1.165, 1.54) is 146 Å². The van der Waals surface area contributed by atoms with Crippen molar-refractivity contribution < 1.29 is 0 Å². The van der Waals surface area contributed by atoms with Crippen LogP contribution in [0.1, 0.15) is 155 Å². The van der Waals surface area contributed by atoms with E-state index in [9.17, 15) is 0 Å². The van der Waals surface area contributed by atoms with Gasteiger partial charge >= 0.3 is 0 Å². The van der Waals surface area contributed by atoms with Crippen molar-refractivity contribution in [1.82, 2.24) is 0 Å². The highest BCUT2D eigenvalue weighted by atomic mass is 31.1. The van der Waals surface area contributed by atoms with Crippen LogP contribution in [0.3, 0.4) is 0 Å². The molecule has 0 aliphatic heterocycles. The molecule has 0 heterocycles. The Morgan fingerprint density at radius 1 is 0.529 bits per heavy atom. The smallest absolute Gasteiger partial charge is 0.0254 e. The molecule has 1 aromatic rings. The number of unbranched alkanes of at least 4 members (excludes halogenated alkanes) is 18. The lowest BCUT2D eigenvalue weighted by molar-refractivity contribution is 0.561. The Morgan fingerprint density at radius 2 is 0.882 bits per heavy atom. The van der Waals surface area contributed by atoms with Gasteiger partial charge in [-0.3, -0.25) is 0 Å². The molecular formula is C33H59P. The third kappa shape index (κ3) is 18.7. The van der Waals surface area contributed by atoms with Crippen molar-refractivity contribution in [2.45, 2.75) is 149 Å². The molecule has 0 aliphatic rings. The Hall–Kier alpha value is -0.610. The maximum Gasteiger partial charge on any atom is -0.0254 e. The van der Waals surface area contributed by atoms with E-state index in [4.69, 9.17) is 0 Å². The summed E-state index contributed by atoms with van der Waals surface area (Å²) in [6.45, 7) is 7.04. The second-order valence-electron chi connectivity index (χ2n) is 10.5. The number of benzene rings is 1. The molecule has 0 fully saturated rings. The molecule has 1 aromatic carbocycles. The lowest BCUT2D eigenvalue weighted by atomic mass is 10.1. The van der Waals surface area contributed by atoms with Gasteiger partial charge in [-0.25, -0.2) is 0 Å². The number of hydrogen-bond donors (Lipinski definition) is 0. The highest BCUT2D eigenvalue weighted by molar-refractivity contribution is 7.62. The predicted molar refractivity (Wildman–Crippen MR) is 160 cm³/mol. The monoisotopic (exact) mass is 486 g/mol. The van der Waals surface area contributed by atoms with Gasteiger partial charge in [-0.15, -0.1) is 0 Å². The average Bonchev–Trinajstić information content (AvgIpc) is 2.85. The van der Waals surface area contributed by atoms with Crippen LogP contribution in [-0.4, -0.2) is 12.3 Å². The first-order valence-corrected chi connectivity index (χ1v) is 17.0. The van der Waals surface area contributed by atoms with Gasteiger partial charge in [-0.05, 0) is 43.0 Å². The minimum atomic E-state index is 0.0465. The Balaban J connectivity index is 2.27. The number of hydrogen-bond acceptors (Lipinski definition) is 0. The Morgan fingerprint density at radius 3 is 1.26 bits per heavy atom. The van der Waals surface area contributed by atoms with Gasteiger partial charge < -0.3 is 0 Å². The van der Waals surface area contributed by atoms with Crippen LogP contribution in [0.4, 0.5) is 0 Å². The normalized spacial score (nSPS) is 12.1. The molecule has 1 heteroatoms. The molecule has 1 rings (SSSR count). The van der Waals surface area contributed by atoms with Gasteiger partial charge in [0.15, 0.2) is 0 Å². The molecule has 196 valence electrons. The SMILES string of the molecule is CCCCCCCCCCCCP(CCCCCCCCCCCC)/C(C)=C/c1ccccc1. The minimum Gasteiger partial charge on any atom is -0.0800 e. The van der Waals surface area contributed by atoms with Crippen molar-refractivity contribution in [3.05, 3.63) is 41.2 Å². The Kier molecular flexibility index (Phi) is 22.3. The summed E-state index contributed by atoms with van der Waals surface area (Å²) in [5.41, 5.74) is 1.39. The van der Waals surface area contributed by atoms with Crippen LogP contribution in [0.25, 0.3) is 6.08 Å². The molecule has 0 bridgehead atoms. The molecule has 0 atom stereocenters. The number of rotatable bonds is 24. The van der Waals surface area contributed by atoms with Crippen LogP contribution in [-0.2, 0) is 0 Å². The van der Waals surface area contributed by atoms with Crippen LogP contribution in [0.15, 0.2) is 35.6 Å². The summed E-state index contributed by atoms with van der Waals surface area (Å²) >= 11 is 0. The molecule has 0 aliphatic carbocycles. The molecule has 0 radical (unpaired) electrons. The summed E-state index contributed by atoms with van der Waals surface area (Å²) < 4.78 is 0. The molecule has 0 amide bonds. The second-order valence-corrected chi connectivity index (χ2v) is 13.2. The van der Waals surface area contributed by atoms with Gasteiger partial charge in [-0.2, -0.15) is 0 Å². The summed E-state index contributed by atoms with van der Waals surface area (Å²) in [7, 11) is 0.0465. The molecule has 0 nitrogen and oxygen atoms in total. The topological polar surface area (TPSA) is 0 Å². The van der Waals surface area contributed by atoms with E-state index in [1.54, 1.807) is 5.31 Å². The molecule has 0 saturated heterocycles. The molecule has 0 aromatic heterocycles. The Bertz CT molecular complexity index is 537. The maximum absolute atomic E-state index is 2.48. The van der Waals surface area contributed by atoms with Gasteiger partial charge in [-0.1, -0.05) is 174 Å². The molecular weight excluding hydrogens is 427 g/mol. The van der Waals surface area contributed by atoms with Crippen LogP contribution < -0.4 is 0 Å². The van der Waals surface area contributed by atoms with Crippen molar-refractivity contribution >= 4 is 14.0 Å². The van der Waals surface area contributed by atoms with E-state index < -0.39 is 0 Å². The second kappa shape index (κ2) is 24.1. The van der Waals surface area contributed by atoms with Crippen LogP contribution >= 0.6 is 7.92 Å². The van der Waals surface area contributed by atoms with E-state index in [-0.39, 0.29) is 7.92 Å². The van der Waals surface area contributed by atoms with Crippen LogP contribution in [0, 0.1) is 0 Å². The third-order valence-electron chi connectivity index (χ3n) is 7.24. The molecule has 0 saturated carbocycles. The number of allylic oxidation sites excluding steroid dienone is 1. The fourth-order valence-electron chi connectivity index (χ4n) is 4.93. The first-order chi connectivity index (χ1) is 16.8. The molecule has 0 N–H and O–H groups in total. The quantitative estimate of drug-likeness (QED) is 0.101. The zero-order valence-electron chi connectivity index (χ0n) is 23.5. The van der Waals surface area contributed by atoms with Crippen molar-refractivity contribution in [2.75, 3.05) is 12.3 Å². The van der Waals surface area contributed by atoms with E-state index >= 15 is 0 Å². The van der Waals surface area contributed by atoms with Crippen LogP contribution in [0.5, 0.6) is 0 Å². The van der Waals surface area contributed by atoms with E-state index in [1.807, 2.05) is 0 Å². The van der Waals surface area contributed by atoms with Crippen molar-refractivity contribution in [3.63, 3.8) is 0 Å².